The maximum absolute atomic E-state index is 12.2. The number of carbonyl (C=O) groups excluding carboxylic acids is 1. The van der Waals surface area contributed by atoms with Gasteiger partial charge in [0.05, 0.1) is 12.9 Å². The number of ether oxygens (including phenoxy) is 2. The highest BCUT2D eigenvalue weighted by molar-refractivity contribution is 7.99. The summed E-state index contributed by atoms with van der Waals surface area (Å²) in [6, 6.07) is 14.9. The third-order valence-corrected chi connectivity index (χ3v) is 5.50. The number of nitrogens with zero attached hydrogens (tertiary/aromatic N) is 3. The highest BCUT2D eigenvalue weighted by Crippen LogP contribution is 2.22. The molecule has 1 amide bonds. The van der Waals surface area contributed by atoms with Gasteiger partial charge in [-0.05, 0) is 36.6 Å². The summed E-state index contributed by atoms with van der Waals surface area (Å²) >= 11 is 2.82. The molecule has 0 saturated carbocycles. The lowest BCUT2D eigenvalue weighted by Gasteiger charge is -2.08. The van der Waals surface area contributed by atoms with Crippen LogP contribution in [0.15, 0.2) is 58.6 Å². The Kier molecular flexibility index (Phi) is 7.25. The molecule has 3 N–H and O–H groups in total. The Morgan fingerprint density at radius 2 is 1.97 bits per heavy atom. The quantitative estimate of drug-likeness (QED) is 0.394. The zero-order valence-corrected chi connectivity index (χ0v) is 17.6. The zero-order chi connectivity index (χ0) is 20.6. The highest BCUT2D eigenvalue weighted by atomic mass is 32.2. The van der Waals surface area contributed by atoms with Crippen LogP contribution in [0, 0.1) is 0 Å². The van der Waals surface area contributed by atoms with Gasteiger partial charge in [0.1, 0.15) is 18.1 Å². The lowest BCUT2D eigenvalue weighted by molar-refractivity contribution is -0.113. The molecule has 0 aliphatic rings. The first-order valence-electron chi connectivity index (χ1n) is 8.62. The van der Waals surface area contributed by atoms with Gasteiger partial charge in [-0.2, -0.15) is 0 Å². The molecule has 0 aliphatic heterocycles. The van der Waals surface area contributed by atoms with Gasteiger partial charge in [-0.25, -0.2) is 4.68 Å². The fourth-order valence-corrected chi connectivity index (χ4v) is 3.51. The first-order chi connectivity index (χ1) is 14.1. The number of rotatable bonds is 9. The number of anilines is 1. The molecule has 0 atom stereocenters. The van der Waals surface area contributed by atoms with Crippen LogP contribution < -0.4 is 20.6 Å². The van der Waals surface area contributed by atoms with E-state index >= 15 is 0 Å². The van der Waals surface area contributed by atoms with Crippen LogP contribution in [0.3, 0.4) is 0 Å². The van der Waals surface area contributed by atoms with Crippen LogP contribution in [0.2, 0.25) is 0 Å². The van der Waals surface area contributed by atoms with Gasteiger partial charge in [0.25, 0.3) is 0 Å². The summed E-state index contributed by atoms with van der Waals surface area (Å²) in [5, 5.41) is 11.4. The second kappa shape index (κ2) is 10.1. The summed E-state index contributed by atoms with van der Waals surface area (Å²) in [5.41, 5.74) is 0.754. The molecule has 0 saturated heterocycles. The minimum absolute atomic E-state index is 0.144. The van der Waals surface area contributed by atoms with E-state index in [2.05, 4.69) is 15.5 Å². The average molecular weight is 432 g/mol. The molecule has 0 spiro atoms. The van der Waals surface area contributed by atoms with Gasteiger partial charge in [0.15, 0.2) is 5.82 Å². The predicted octanol–water partition coefficient (Wildman–Crippen LogP) is 3.03. The van der Waals surface area contributed by atoms with Gasteiger partial charge in [-0.3, -0.25) is 4.79 Å². The number of hydrogen-bond donors (Lipinski definition) is 2. The molecule has 2 aromatic carbocycles. The van der Waals surface area contributed by atoms with Gasteiger partial charge in [0, 0.05) is 16.6 Å². The Morgan fingerprint density at radius 1 is 1.17 bits per heavy atom. The average Bonchev–Trinajstić information content (AvgIpc) is 3.10. The number of amides is 1. The second-order valence-corrected chi connectivity index (χ2v) is 7.63. The minimum atomic E-state index is -0.148. The number of benzene rings is 2. The number of carbonyl (C=O) groups is 1. The first-order valence-corrected chi connectivity index (χ1v) is 10.8. The van der Waals surface area contributed by atoms with Crippen LogP contribution in [0.4, 0.5) is 5.69 Å². The summed E-state index contributed by atoms with van der Waals surface area (Å²) in [6.07, 6.45) is 1.99. The topological polar surface area (TPSA) is 104 Å². The van der Waals surface area contributed by atoms with Gasteiger partial charge < -0.3 is 20.6 Å². The lowest BCUT2D eigenvalue weighted by Crippen LogP contribution is -2.18. The van der Waals surface area contributed by atoms with E-state index in [4.69, 9.17) is 15.3 Å². The molecule has 152 valence electrons. The molecule has 0 fully saturated rings. The summed E-state index contributed by atoms with van der Waals surface area (Å²) < 4.78 is 12.2. The second-order valence-electron chi connectivity index (χ2n) is 5.81. The molecule has 0 bridgehead atoms. The van der Waals surface area contributed by atoms with Crippen LogP contribution in [-0.2, 0) is 11.4 Å². The van der Waals surface area contributed by atoms with E-state index in [0.29, 0.717) is 22.5 Å². The molecular formula is C19H21N5O3S2. The van der Waals surface area contributed by atoms with Crippen LogP contribution in [0.1, 0.15) is 5.82 Å². The van der Waals surface area contributed by atoms with Crippen molar-refractivity contribution in [3.63, 3.8) is 0 Å². The van der Waals surface area contributed by atoms with E-state index in [-0.39, 0.29) is 18.3 Å². The Labute approximate surface area is 177 Å². The predicted molar refractivity (Wildman–Crippen MR) is 115 cm³/mol. The minimum Gasteiger partial charge on any atom is -0.497 e. The molecular weight excluding hydrogens is 410 g/mol. The number of nitrogen functional groups attached to an aromatic ring is 1. The van der Waals surface area contributed by atoms with Gasteiger partial charge in [-0.15, -0.1) is 22.0 Å². The van der Waals surface area contributed by atoms with Gasteiger partial charge in [0.2, 0.25) is 11.1 Å². The standard InChI is InChI=1S/C19H21N5O3S2/c1-26-14-6-4-7-15(10-14)27-11-17-22-23-19(24(17)20)29-12-18(25)21-13-5-3-8-16(9-13)28-2/h3-10H,11-12,20H2,1-2H3,(H,21,25). The van der Waals surface area contributed by atoms with Crippen molar-refractivity contribution >= 4 is 35.1 Å². The number of aromatic nitrogens is 3. The third kappa shape index (κ3) is 5.81. The van der Waals surface area contributed by atoms with Gasteiger partial charge >= 0.3 is 0 Å². The van der Waals surface area contributed by atoms with Crippen molar-refractivity contribution < 1.29 is 14.3 Å². The molecule has 3 rings (SSSR count). The zero-order valence-electron chi connectivity index (χ0n) is 16.0. The first kappa shape index (κ1) is 20.9. The maximum atomic E-state index is 12.2. The van der Waals surface area contributed by atoms with E-state index in [1.807, 2.05) is 48.7 Å². The summed E-state index contributed by atoms with van der Waals surface area (Å²) in [5.74, 6) is 7.82. The van der Waals surface area contributed by atoms with Crippen molar-refractivity contribution in [1.82, 2.24) is 14.9 Å². The number of nitrogens with two attached hydrogens (primary N) is 1. The van der Waals surface area contributed by atoms with E-state index in [0.717, 1.165) is 10.6 Å². The SMILES string of the molecule is COc1cccc(OCc2nnc(SCC(=O)Nc3cccc(SC)c3)n2N)c1. The van der Waals surface area contributed by atoms with Crippen LogP contribution in [-0.4, -0.2) is 39.9 Å². The van der Waals surface area contributed by atoms with Crippen molar-refractivity contribution in [2.24, 2.45) is 0 Å². The Bertz CT molecular complexity index is 980. The third-order valence-electron chi connectivity index (χ3n) is 3.83. The molecule has 8 nitrogen and oxygen atoms in total. The van der Waals surface area contributed by atoms with E-state index < -0.39 is 0 Å². The van der Waals surface area contributed by atoms with Crippen LogP contribution in [0.5, 0.6) is 11.5 Å². The van der Waals surface area contributed by atoms with Crippen molar-refractivity contribution in [3.05, 3.63) is 54.4 Å². The molecule has 0 aliphatic carbocycles. The molecule has 0 radical (unpaired) electrons. The summed E-state index contributed by atoms with van der Waals surface area (Å²) in [6.45, 7) is 0.144. The maximum Gasteiger partial charge on any atom is 0.234 e. The summed E-state index contributed by atoms with van der Waals surface area (Å²) in [7, 11) is 1.59. The van der Waals surface area contributed by atoms with E-state index in [1.54, 1.807) is 24.9 Å². The monoisotopic (exact) mass is 431 g/mol. The Hall–Kier alpha value is -2.85. The van der Waals surface area contributed by atoms with Crippen molar-refractivity contribution in [3.8, 4) is 11.5 Å². The fraction of sp³-hybridized carbons (Fsp3) is 0.211. The molecule has 1 heterocycles. The molecule has 3 aromatic rings. The number of nitrogens with one attached hydrogen (secondary N) is 1. The van der Waals surface area contributed by atoms with E-state index in [1.165, 1.54) is 16.4 Å². The van der Waals surface area contributed by atoms with Crippen molar-refractivity contribution in [1.29, 1.82) is 0 Å². The van der Waals surface area contributed by atoms with Crippen LogP contribution >= 0.6 is 23.5 Å². The Morgan fingerprint density at radius 3 is 2.76 bits per heavy atom. The summed E-state index contributed by atoms with van der Waals surface area (Å²) in [4.78, 5) is 13.3. The lowest BCUT2D eigenvalue weighted by atomic mass is 10.3. The van der Waals surface area contributed by atoms with E-state index in [9.17, 15) is 4.79 Å². The van der Waals surface area contributed by atoms with Crippen LogP contribution in [0.25, 0.3) is 0 Å². The highest BCUT2D eigenvalue weighted by Gasteiger charge is 2.13. The number of methoxy groups -OCH3 is 1. The van der Waals surface area contributed by atoms with Crippen molar-refractivity contribution in [2.75, 3.05) is 30.3 Å². The Balaban J connectivity index is 1.53. The fourth-order valence-electron chi connectivity index (χ4n) is 2.37. The van der Waals surface area contributed by atoms with Crippen molar-refractivity contribution in [2.45, 2.75) is 16.7 Å². The van der Waals surface area contributed by atoms with Gasteiger partial charge in [-0.1, -0.05) is 23.9 Å². The molecule has 0 unspecified atom stereocenters. The normalized spacial score (nSPS) is 10.6. The number of hydrogen-bond acceptors (Lipinski definition) is 8. The molecule has 10 heteroatoms. The smallest absolute Gasteiger partial charge is 0.234 e. The molecule has 1 aromatic heterocycles. The number of thioether (sulfide) groups is 2. The molecule has 29 heavy (non-hydrogen) atoms. The largest absolute Gasteiger partial charge is 0.497 e.